The molecule has 0 radical (unpaired) electrons. The lowest BCUT2D eigenvalue weighted by atomic mass is 10.1. The van der Waals surface area contributed by atoms with Crippen molar-refractivity contribution in [3.8, 4) is 0 Å². The van der Waals surface area contributed by atoms with E-state index >= 15 is 0 Å². The maximum absolute atomic E-state index is 13.3. The van der Waals surface area contributed by atoms with E-state index in [1.165, 1.54) is 18.9 Å². The topological polar surface area (TPSA) is 29.3 Å². The second-order valence-electron chi connectivity index (χ2n) is 4.83. The predicted molar refractivity (Wildman–Crippen MR) is 71.1 cm³/mol. The molecule has 1 unspecified atom stereocenters. The Labute approximate surface area is 110 Å². The van der Waals surface area contributed by atoms with Crippen LogP contribution in [0.4, 0.5) is 4.39 Å². The Hall–Kier alpha value is -0.450. The summed E-state index contributed by atoms with van der Waals surface area (Å²) in [5.41, 5.74) is 6.79. The minimum Gasteiger partial charge on any atom is -0.329 e. The Morgan fingerprint density at radius 2 is 2.18 bits per heavy atom. The van der Waals surface area contributed by atoms with E-state index in [1.807, 2.05) is 6.07 Å². The number of halogens is 2. The Morgan fingerprint density at radius 1 is 1.47 bits per heavy atom. The summed E-state index contributed by atoms with van der Waals surface area (Å²) in [6, 6.07) is 5.45. The van der Waals surface area contributed by atoms with Crippen LogP contribution in [-0.4, -0.2) is 24.5 Å². The Balaban J connectivity index is 2.03. The molecule has 17 heavy (non-hydrogen) atoms. The summed E-state index contributed by atoms with van der Waals surface area (Å²) in [5, 5.41) is 0. The molecule has 94 valence electrons. The summed E-state index contributed by atoms with van der Waals surface area (Å²) < 4.78 is 14.0. The molecular formula is C13H18BrFN2. The first-order valence-corrected chi connectivity index (χ1v) is 6.74. The molecule has 0 aromatic heterocycles. The van der Waals surface area contributed by atoms with E-state index in [4.69, 9.17) is 5.73 Å². The number of benzene rings is 1. The lowest BCUT2D eigenvalue weighted by molar-refractivity contribution is 0.215. The van der Waals surface area contributed by atoms with Gasteiger partial charge in [-0.1, -0.05) is 15.9 Å². The van der Waals surface area contributed by atoms with Crippen LogP contribution in [0.1, 0.15) is 18.4 Å². The summed E-state index contributed by atoms with van der Waals surface area (Å²) in [4.78, 5) is 2.24. The van der Waals surface area contributed by atoms with Gasteiger partial charge in [-0.2, -0.15) is 0 Å². The zero-order chi connectivity index (χ0) is 12.4. The van der Waals surface area contributed by atoms with Gasteiger partial charge in [-0.25, -0.2) is 4.39 Å². The van der Waals surface area contributed by atoms with Crippen molar-refractivity contribution >= 4 is 15.9 Å². The summed E-state index contributed by atoms with van der Waals surface area (Å²) in [7, 11) is 2.06. The van der Waals surface area contributed by atoms with Crippen molar-refractivity contribution in [3.63, 3.8) is 0 Å². The molecule has 1 aliphatic carbocycles. The van der Waals surface area contributed by atoms with Crippen molar-refractivity contribution in [1.82, 2.24) is 4.90 Å². The van der Waals surface area contributed by atoms with Gasteiger partial charge in [0.1, 0.15) is 5.82 Å². The second-order valence-corrected chi connectivity index (χ2v) is 5.75. The first-order valence-electron chi connectivity index (χ1n) is 5.95. The van der Waals surface area contributed by atoms with Crippen LogP contribution in [0, 0.1) is 11.7 Å². The van der Waals surface area contributed by atoms with Crippen molar-refractivity contribution in [2.45, 2.75) is 25.4 Å². The Morgan fingerprint density at radius 3 is 2.71 bits per heavy atom. The standard InChI is InChI=1S/C13H18BrFN2/c1-17(13(7-16)10-2-3-10)8-9-4-11(14)6-12(15)5-9/h4-6,10,13H,2-3,7-8,16H2,1H3. The molecule has 0 bridgehead atoms. The van der Waals surface area contributed by atoms with Crippen molar-refractivity contribution in [1.29, 1.82) is 0 Å². The van der Waals surface area contributed by atoms with Crippen LogP contribution in [0.25, 0.3) is 0 Å². The van der Waals surface area contributed by atoms with Crippen molar-refractivity contribution < 1.29 is 4.39 Å². The van der Waals surface area contributed by atoms with Gasteiger partial charge in [0.2, 0.25) is 0 Å². The van der Waals surface area contributed by atoms with Crippen LogP contribution in [0.2, 0.25) is 0 Å². The zero-order valence-electron chi connectivity index (χ0n) is 10.00. The first kappa shape index (κ1) is 13.0. The van der Waals surface area contributed by atoms with Crippen LogP contribution >= 0.6 is 15.9 Å². The van der Waals surface area contributed by atoms with E-state index in [-0.39, 0.29) is 5.82 Å². The van der Waals surface area contributed by atoms with Gasteiger partial charge in [0.25, 0.3) is 0 Å². The average Bonchev–Trinajstić information content (AvgIpc) is 3.01. The lowest BCUT2D eigenvalue weighted by Gasteiger charge is -2.27. The third-order valence-electron chi connectivity index (χ3n) is 3.33. The van der Waals surface area contributed by atoms with E-state index < -0.39 is 0 Å². The molecule has 1 aromatic carbocycles. The minimum absolute atomic E-state index is 0.196. The Bertz CT molecular complexity index is 373. The third kappa shape index (κ3) is 3.50. The molecule has 0 spiro atoms. The molecule has 0 amide bonds. The average molecular weight is 301 g/mol. The number of rotatable bonds is 5. The molecule has 4 heteroatoms. The summed E-state index contributed by atoms with van der Waals surface area (Å²) in [6.07, 6.45) is 2.55. The maximum atomic E-state index is 13.3. The van der Waals surface area contributed by atoms with Crippen LogP contribution in [0.3, 0.4) is 0 Å². The first-order chi connectivity index (χ1) is 8.10. The van der Waals surface area contributed by atoms with Crippen LogP contribution in [0.15, 0.2) is 22.7 Å². The third-order valence-corrected chi connectivity index (χ3v) is 3.79. The molecule has 2 nitrogen and oxygen atoms in total. The molecule has 1 atom stereocenters. The molecule has 2 N–H and O–H groups in total. The lowest BCUT2D eigenvalue weighted by Crippen LogP contribution is -2.39. The predicted octanol–water partition coefficient (Wildman–Crippen LogP) is 2.76. The van der Waals surface area contributed by atoms with Crippen molar-refractivity contribution in [2.75, 3.05) is 13.6 Å². The number of nitrogens with zero attached hydrogens (tertiary/aromatic N) is 1. The van der Waals surface area contributed by atoms with Gasteiger partial charge >= 0.3 is 0 Å². The van der Waals surface area contributed by atoms with E-state index in [0.29, 0.717) is 12.6 Å². The smallest absolute Gasteiger partial charge is 0.124 e. The zero-order valence-corrected chi connectivity index (χ0v) is 11.6. The highest BCUT2D eigenvalue weighted by Crippen LogP contribution is 2.35. The molecule has 0 heterocycles. The number of hydrogen-bond acceptors (Lipinski definition) is 2. The highest BCUT2D eigenvalue weighted by Gasteiger charge is 2.32. The van der Waals surface area contributed by atoms with Gasteiger partial charge in [-0.3, -0.25) is 4.90 Å². The van der Waals surface area contributed by atoms with Crippen LogP contribution in [0.5, 0.6) is 0 Å². The Kier molecular flexibility index (Phi) is 4.17. The fraction of sp³-hybridized carbons (Fsp3) is 0.538. The number of likely N-dealkylation sites (N-methyl/N-ethyl adjacent to an activating group) is 1. The van der Waals surface area contributed by atoms with Gasteiger partial charge in [0.05, 0.1) is 0 Å². The van der Waals surface area contributed by atoms with Gasteiger partial charge in [-0.15, -0.1) is 0 Å². The summed E-state index contributed by atoms with van der Waals surface area (Å²) in [5.74, 6) is 0.542. The molecule has 0 aliphatic heterocycles. The van der Waals surface area contributed by atoms with E-state index in [0.717, 1.165) is 22.5 Å². The van der Waals surface area contributed by atoms with Crippen molar-refractivity contribution in [2.24, 2.45) is 11.7 Å². The summed E-state index contributed by atoms with van der Waals surface area (Å²) in [6.45, 7) is 1.42. The van der Waals surface area contributed by atoms with Gasteiger partial charge in [0.15, 0.2) is 0 Å². The maximum Gasteiger partial charge on any atom is 0.124 e. The molecule has 1 fully saturated rings. The highest BCUT2D eigenvalue weighted by molar-refractivity contribution is 9.10. The fourth-order valence-electron chi connectivity index (χ4n) is 2.32. The monoisotopic (exact) mass is 300 g/mol. The highest BCUT2D eigenvalue weighted by atomic mass is 79.9. The molecule has 2 rings (SSSR count). The van der Waals surface area contributed by atoms with Crippen LogP contribution < -0.4 is 5.73 Å². The van der Waals surface area contributed by atoms with Gasteiger partial charge in [-0.05, 0) is 49.6 Å². The molecule has 0 saturated heterocycles. The SMILES string of the molecule is CN(Cc1cc(F)cc(Br)c1)C(CN)C1CC1. The second kappa shape index (κ2) is 5.46. The van der Waals surface area contributed by atoms with Crippen molar-refractivity contribution in [3.05, 3.63) is 34.1 Å². The molecule has 1 aromatic rings. The van der Waals surface area contributed by atoms with Crippen LogP contribution in [-0.2, 0) is 6.54 Å². The minimum atomic E-state index is -0.196. The normalized spacial score (nSPS) is 17.5. The molecular weight excluding hydrogens is 283 g/mol. The van der Waals surface area contributed by atoms with E-state index in [2.05, 4.69) is 27.9 Å². The molecule has 1 saturated carbocycles. The summed E-state index contributed by atoms with van der Waals surface area (Å²) >= 11 is 3.32. The van der Waals surface area contributed by atoms with E-state index in [1.54, 1.807) is 6.07 Å². The quantitative estimate of drug-likeness (QED) is 0.906. The van der Waals surface area contributed by atoms with Gasteiger partial charge < -0.3 is 5.73 Å². The number of hydrogen-bond donors (Lipinski definition) is 1. The fourth-order valence-corrected chi connectivity index (χ4v) is 2.83. The van der Waals surface area contributed by atoms with E-state index in [9.17, 15) is 4.39 Å². The molecule has 1 aliphatic rings. The largest absolute Gasteiger partial charge is 0.329 e. The van der Waals surface area contributed by atoms with Gasteiger partial charge in [0, 0.05) is 23.6 Å². The number of nitrogens with two attached hydrogens (primary N) is 1.